The molecule has 5 nitrogen and oxygen atoms in total. The fourth-order valence-corrected chi connectivity index (χ4v) is 4.64. The van der Waals surface area contributed by atoms with Gasteiger partial charge >= 0.3 is 0 Å². The highest BCUT2D eigenvalue weighted by molar-refractivity contribution is 6.47. The van der Waals surface area contributed by atoms with Gasteiger partial charge in [0.25, 0.3) is 11.8 Å². The van der Waals surface area contributed by atoms with Gasteiger partial charge in [-0.1, -0.05) is 54.1 Å². The molecule has 0 N–H and O–H groups in total. The molecule has 0 radical (unpaired) electrons. The Balaban J connectivity index is 1.74. The first-order chi connectivity index (χ1) is 15.5. The molecule has 5 rings (SSSR count). The van der Waals surface area contributed by atoms with Crippen LogP contribution in [-0.2, 0) is 16.0 Å². The van der Waals surface area contributed by atoms with Gasteiger partial charge in [-0.2, -0.15) is 0 Å². The van der Waals surface area contributed by atoms with Crippen molar-refractivity contribution in [3.05, 3.63) is 94.1 Å². The maximum absolute atomic E-state index is 13.9. The summed E-state index contributed by atoms with van der Waals surface area (Å²) in [5, 5.41) is 0.463. The van der Waals surface area contributed by atoms with Gasteiger partial charge in [0.1, 0.15) is 11.4 Å². The Bertz CT molecular complexity index is 1300. The maximum atomic E-state index is 13.9. The summed E-state index contributed by atoms with van der Waals surface area (Å²) < 4.78 is 5.55. The Kier molecular flexibility index (Phi) is 4.98. The van der Waals surface area contributed by atoms with Crippen LogP contribution in [0.5, 0.6) is 5.75 Å². The molecule has 2 heterocycles. The Morgan fingerprint density at radius 1 is 0.906 bits per heavy atom. The van der Waals surface area contributed by atoms with Gasteiger partial charge in [-0.3, -0.25) is 9.59 Å². The lowest BCUT2D eigenvalue weighted by atomic mass is 10.0. The van der Waals surface area contributed by atoms with Crippen molar-refractivity contribution in [2.75, 3.05) is 23.5 Å². The molecule has 3 aromatic carbocycles. The Morgan fingerprint density at radius 2 is 1.66 bits per heavy atom. The Hall–Kier alpha value is -3.57. The number of aryl methyl sites for hydroxylation is 1. The van der Waals surface area contributed by atoms with Crippen molar-refractivity contribution in [2.45, 2.75) is 13.3 Å². The minimum atomic E-state index is -0.385. The number of carbonyl (C=O) groups excluding carboxylic acids is 2. The number of amides is 2. The van der Waals surface area contributed by atoms with Gasteiger partial charge in [0.05, 0.1) is 18.4 Å². The molecular weight excluding hydrogens is 424 g/mol. The molecule has 160 valence electrons. The van der Waals surface area contributed by atoms with E-state index in [2.05, 4.69) is 6.07 Å². The number of rotatable bonds is 4. The van der Waals surface area contributed by atoms with E-state index < -0.39 is 0 Å². The highest BCUT2D eigenvalue weighted by atomic mass is 35.5. The first kappa shape index (κ1) is 20.3. The second-order valence-corrected chi connectivity index (χ2v) is 8.27. The van der Waals surface area contributed by atoms with Gasteiger partial charge in [0.2, 0.25) is 0 Å². The lowest BCUT2D eigenvalue weighted by Gasteiger charge is -2.22. The smallest absolute Gasteiger partial charge is 0.282 e. The minimum Gasteiger partial charge on any atom is -0.496 e. The van der Waals surface area contributed by atoms with Crippen LogP contribution in [0.3, 0.4) is 0 Å². The number of fused-ring (bicyclic) bond motifs is 1. The highest BCUT2D eigenvalue weighted by Gasteiger charge is 2.45. The molecule has 0 aromatic heterocycles. The number of hydrogen-bond donors (Lipinski definition) is 0. The standard InChI is InChI=1S/C26H21ClN2O3/c1-16-11-12-18(27)15-21(16)29-25(30)23(19-8-4-6-10-22(19)32-2)24(26(29)31)28-14-13-17-7-3-5-9-20(17)28/h3-12,15H,13-14H2,1-2H3. The predicted octanol–water partition coefficient (Wildman–Crippen LogP) is 5.00. The van der Waals surface area contributed by atoms with Crippen LogP contribution < -0.4 is 14.5 Å². The fraction of sp³-hybridized carbons (Fsp3) is 0.154. The van der Waals surface area contributed by atoms with Crippen molar-refractivity contribution in [1.82, 2.24) is 0 Å². The molecule has 0 aliphatic carbocycles. The van der Waals surface area contributed by atoms with Crippen LogP contribution in [0, 0.1) is 6.92 Å². The van der Waals surface area contributed by atoms with Crippen LogP contribution in [0.4, 0.5) is 11.4 Å². The van der Waals surface area contributed by atoms with Crippen LogP contribution in [0.15, 0.2) is 72.4 Å². The molecule has 0 spiro atoms. The molecule has 32 heavy (non-hydrogen) atoms. The summed E-state index contributed by atoms with van der Waals surface area (Å²) in [6.45, 7) is 2.48. The molecule has 0 unspecified atom stereocenters. The third-order valence-corrected chi connectivity index (χ3v) is 6.24. The summed E-state index contributed by atoms with van der Waals surface area (Å²) in [5.41, 5.74) is 4.67. The molecule has 2 aliphatic rings. The van der Waals surface area contributed by atoms with Crippen LogP contribution >= 0.6 is 11.6 Å². The number of anilines is 2. The summed E-state index contributed by atoms with van der Waals surface area (Å²) >= 11 is 6.23. The predicted molar refractivity (Wildman–Crippen MR) is 126 cm³/mol. The molecule has 0 fully saturated rings. The number of nitrogens with zero attached hydrogens (tertiary/aromatic N) is 2. The zero-order valence-corrected chi connectivity index (χ0v) is 18.5. The topological polar surface area (TPSA) is 49.9 Å². The van der Waals surface area contributed by atoms with E-state index in [9.17, 15) is 9.59 Å². The first-order valence-corrected chi connectivity index (χ1v) is 10.8. The maximum Gasteiger partial charge on any atom is 0.282 e. The number of para-hydroxylation sites is 2. The lowest BCUT2D eigenvalue weighted by molar-refractivity contribution is -0.120. The van der Waals surface area contributed by atoms with Crippen molar-refractivity contribution in [3.63, 3.8) is 0 Å². The second-order valence-electron chi connectivity index (χ2n) is 7.83. The van der Waals surface area contributed by atoms with Crippen molar-refractivity contribution >= 4 is 40.4 Å². The van der Waals surface area contributed by atoms with E-state index in [1.165, 1.54) is 4.90 Å². The quantitative estimate of drug-likeness (QED) is 0.531. The Morgan fingerprint density at radius 3 is 2.47 bits per heavy atom. The Labute approximate surface area is 191 Å². The number of halogens is 1. The lowest BCUT2D eigenvalue weighted by Crippen LogP contribution is -2.35. The van der Waals surface area contributed by atoms with Crippen LogP contribution in [0.2, 0.25) is 5.02 Å². The number of imide groups is 1. The first-order valence-electron chi connectivity index (χ1n) is 10.4. The van der Waals surface area contributed by atoms with Crippen LogP contribution in [-0.4, -0.2) is 25.5 Å². The molecule has 0 bridgehead atoms. The summed E-state index contributed by atoms with van der Waals surface area (Å²) in [7, 11) is 1.56. The third-order valence-electron chi connectivity index (χ3n) is 6.00. The van der Waals surface area contributed by atoms with Gasteiger partial charge < -0.3 is 9.64 Å². The van der Waals surface area contributed by atoms with Gasteiger partial charge in [-0.25, -0.2) is 4.90 Å². The van der Waals surface area contributed by atoms with Gasteiger partial charge in [-0.15, -0.1) is 0 Å². The fourth-order valence-electron chi connectivity index (χ4n) is 4.48. The molecule has 0 atom stereocenters. The molecule has 3 aromatic rings. The van der Waals surface area contributed by atoms with E-state index in [1.807, 2.05) is 54.3 Å². The monoisotopic (exact) mass is 444 g/mol. The number of methoxy groups -OCH3 is 1. The third kappa shape index (κ3) is 3.09. The average Bonchev–Trinajstić information content (AvgIpc) is 3.33. The van der Waals surface area contributed by atoms with E-state index in [4.69, 9.17) is 16.3 Å². The van der Waals surface area contributed by atoms with Crippen molar-refractivity contribution in [3.8, 4) is 5.75 Å². The largest absolute Gasteiger partial charge is 0.496 e. The molecule has 6 heteroatoms. The average molecular weight is 445 g/mol. The highest BCUT2D eigenvalue weighted by Crippen LogP contribution is 2.42. The van der Waals surface area contributed by atoms with Crippen molar-refractivity contribution < 1.29 is 14.3 Å². The number of carbonyl (C=O) groups is 2. The van der Waals surface area contributed by atoms with Crippen LogP contribution in [0.1, 0.15) is 16.7 Å². The molecule has 0 saturated carbocycles. The SMILES string of the molecule is COc1ccccc1C1=C(N2CCc3ccccc32)C(=O)N(c2cc(Cl)ccc2C)C1=O. The van der Waals surface area contributed by atoms with E-state index in [0.717, 1.165) is 23.2 Å². The minimum absolute atomic E-state index is 0.337. The summed E-state index contributed by atoms with van der Waals surface area (Å²) in [5.74, 6) is -0.208. The number of benzene rings is 3. The molecule has 2 amide bonds. The number of ether oxygens (including phenoxy) is 1. The van der Waals surface area contributed by atoms with E-state index >= 15 is 0 Å². The number of hydrogen-bond acceptors (Lipinski definition) is 4. The summed E-state index contributed by atoms with van der Waals surface area (Å²) in [6.07, 6.45) is 0.802. The van der Waals surface area contributed by atoms with E-state index in [1.54, 1.807) is 25.3 Å². The van der Waals surface area contributed by atoms with Gasteiger partial charge in [0.15, 0.2) is 0 Å². The van der Waals surface area contributed by atoms with Crippen LogP contribution in [0.25, 0.3) is 5.57 Å². The zero-order chi connectivity index (χ0) is 22.4. The summed E-state index contributed by atoms with van der Waals surface area (Å²) in [6, 6.07) is 20.5. The van der Waals surface area contributed by atoms with E-state index in [-0.39, 0.29) is 11.8 Å². The molecule has 0 saturated heterocycles. The van der Waals surface area contributed by atoms with Crippen molar-refractivity contribution in [2.24, 2.45) is 0 Å². The van der Waals surface area contributed by atoms with Crippen molar-refractivity contribution in [1.29, 1.82) is 0 Å². The second kappa shape index (κ2) is 7.84. The van der Waals surface area contributed by atoms with Gasteiger partial charge in [0, 0.05) is 22.8 Å². The zero-order valence-electron chi connectivity index (χ0n) is 17.8. The van der Waals surface area contributed by atoms with E-state index in [0.29, 0.717) is 39.8 Å². The molecule has 2 aliphatic heterocycles. The summed E-state index contributed by atoms with van der Waals surface area (Å²) in [4.78, 5) is 30.9. The normalized spacial score (nSPS) is 15.6. The van der Waals surface area contributed by atoms with Gasteiger partial charge in [-0.05, 0) is 48.7 Å². The molecular formula is C26H21ClN2O3.